The van der Waals surface area contributed by atoms with Gasteiger partial charge in [0.25, 0.3) is 0 Å². The lowest BCUT2D eigenvalue weighted by Gasteiger charge is -2.31. The van der Waals surface area contributed by atoms with Crippen molar-refractivity contribution >= 4 is 21.6 Å². The van der Waals surface area contributed by atoms with Crippen molar-refractivity contribution < 1.29 is 12.8 Å². The molecule has 1 aliphatic rings. The first-order valence-corrected chi connectivity index (χ1v) is 8.42. The third-order valence-electron chi connectivity index (χ3n) is 3.66. The summed E-state index contributed by atoms with van der Waals surface area (Å²) in [6, 6.07) is 3.36. The summed E-state index contributed by atoms with van der Waals surface area (Å²) in [7, 11) is -3.64. The van der Waals surface area contributed by atoms with Crippen molar-refractivity contribution in [1.29, 1.82) is 0 Å². The number of halogens is 2. The maximum atomic E-state index is 13.0. The highest BCUT2D eigenvalue weighted by molar-refractivity contribution is 7.89. The van der Waals surface area contributed by atoms with E-state index >= 15 is 0 Å². The first-order valence-electron chi connectivity index (χ1n) is 6.60. The minimum absolute atomic E-state index is 0.0298. The second kappa shape index (κ2) is 6.39. The molecule has 0 radical (unpaired) electrons. The third kappa shape index (κ3) is 3.31. The zero-order valence-electron chi connectivity index (χ0n) is 11.1. The van der Waals surface area contributed by atoms with Crippen LogP contribution in [0.4, 0.5) is 4.39 Å². The lowest BCUT2D eigenvalue weighted by Crippen LogP contribution is -2.38. The quantitative estimate of drug-likeness (QED) is 0.925. The summed E-state index contributed by atoms with van der Waals surface area (Å²) in [5.74, 6) is -0.0641. The number of benzene rings is 1. The fourth-order valence-corrected chi connectivity index (χ4v) is 4.47. The van der Waals surface area contributed by atoms with Crippen LogP contribution in [0.2, 0.25) is 5.02 Å². The summed E-state index contributed by atoms with van der Waals surface area (Å²) in [4.78, 5) is -0.0298. The van der Waals surface area contributed by atoms with Gasteiger partial charge in [0.1, 0.15) is 10.7 Å². The molecule has 0 saturated carbocycles. The predicted molar refractivity (Wildman–Crippen MR) is 76.6 cm³/mol. The van der Waals surface area contributed by atoms with Crippen LogP contribution in [0.25, 0.3) is 0 Å². The van der Waals surface area contributed by atoms with E-state index in [4.69, 9.17) is 17.3 Å². The van der Waals surface area contributed by atoms with Crippen molar-refractivity contribution in [2.45, 2.75) is 24.2 Å². The Morgan fingerprint density at radius 1 is 1.35 bits per heavy atom. The molecule has 0 aliphatic carbocycles. The van der Waals surface area contributed by atoms with Crippen molar-refractivity contribution in [1.82, 2.24) is 4.31 Å². The molecule has 0 spiro atoms. The molecule has 1 fully saturated rings. The molecule has 0 aromatic heterocycles. The Morgan fingerprint density at radius 3 is 2.55 bits per heavy atom. The Morgan fingerprint density at radius 2 is 2.00 bits per heavy atom. The molecule has 1 aromatic carbocycles. The Balaban J connectivity index is 2.15. The first kappa shape index (κ1) is 15.7. The summed E-state index contributed by atoms with van der Waals surface area (Å²) in [5, 5.41) is -0.0749. The van der Waals surface area contributed by atoms with E-state index in [1.54, 1.807) is 0 Å². The molecule has 2 N–H and O–H groups in total. The summed E-state index contributed by atoms with van der Waals surface area (Å²) >= 11 is 5.85. The molecule has 7 heteroatoms. The van der Waals surface area contributed by atoms with Gasteiger partial charge in [-0.25, -0.2) is 12.8 Å². The van der Waals surface area contributed by atoms with Gasteiger partial charge in [-0.2, -0.15) is 4.31 Å². The molecular weight excluding hydrogens is 303 g/mol. The maximum Gasteiger partial charge on any atom is 0.244 e. The van der Waals surface area contributed by atoms with Gasteiger partial charge in [0.05, 0.1) is 5.02 Å². The summed E-state index contributed by atoms with van der Waals surface area (Å²) in [5.41, 5.74) is 5.52. The molecule has 2 rings (SSSR count). The number of hydrogen-bond donors (Lipinski definition) is 1. The zero-order valence-corrected chi connectivity index (χ0v) is 12.6. The topological polar surface area (TPSA) is 63.4 Å². The molecule has 4 nitrogen and oxygen atoms in total. The van der Waals surface area contributed by atoms with E-state index in [-0.39, 0.29) is 9.92 Å². The van der Waals surface area contributed by atoms with Crippen LogP contribution >= 0.6 is 11.6 Å². The molecule has 0 atom stereocenters. The van der Waals surface area contributed by atoms with Crippen molar-refractivity contribution in [3.05, 3.63) is 29.0 Å². The average Bonchev–Trinajstić information content (AvgIpc) is 2.39. The van der Waals surface area contributed by atoms with Crippen LogP contribution < -0.4 is 5.73 Å². The van der Waals surface area contributed by atoms with E-state index in [0.717, 1.165) is 31.4 Å². The molecule has 0 amide bonds. The van der Waals surface area contributed by atoms with Crippen molar-refractivity contribution in [2.24, 2.45) is 11.7 Å². The lowest BCUT2D eigenvalue weighted by molar-refractivity contribution is 0.266. The summed E-state index contributed by atoms with van der Waals surface area (Å²) in [6.07, 6.45) is 2.52. The highest BCUT2D eigenvalue weighted by Crippen LogP contribution is 2.29. The normalized spacial score (nSPS) is 18.4. The van der Waals surface area contributed by atoms with Gasteiger partial charge in [0, 0.05) is 13.1 Å². The van der Waals surface area contributed by atoms with Gasteiger partial charge in [0.15, 0.2) is 0 Å². The van der Waals surface area contributed by atoms with E-state index in [9.17, 15) is 12.8 Å². The van der Waals surface area contributed by atoms with E-state index in [0.29, 0.717) is 25.6 Å². The number of hydrogen-bond acceptors (Lipinski definition) is 3. The largest absolute Gasteiger partial charge is 0.330 e. The van der Waals surface area contributed by atoms with Gasteiger partial charge >= 0.3 is 0 Å². The monoisotopic (exact) mass is 320 g/mol. The maximum absolute atomic E-state index is 13.0. The van der Waals surface area contributed by atoms with E-state index in [1.807, 2.05) is 0 Å². The van der Waals surface area contributed by atoms with Crippen LogP contribution in [0.1, 0.15) is 19.3 Å². The number of nitrogens with zero attached hydrogens (tertiary/aromatic N) is 1. The fraction of sp³-hybridized carbons (Fsp3) is 0.538. The van der Waals surface area contributed by atoms with Crippen LogP contribution in [-0.4, -0.2) is 32.4 Å². The second-order valence-electron chi connectivity index (χ2n) is 5.00. The van der Waals surface area contributed by atoms with Gasteiger partial charge in [-0.15, -0.1) is 0 Å². The number of sulfonamides is 1. The van der Waals surface area contributed by atoms with Crippen LogP contribution in [0, 0.1) is 11.7 Å². The van der Waals surface area contributed by atoms with Crippen LogP contribution in [0.15, 0.2) is 23.1 Å². The van der Waals surface area contributed by atoms with Crippen LogP contribution in [-0.2, 0) is 10.0 Å². The second-order valence-corrected chi connectivity index (χ2v) is 7.31. The molecule has 1 aromatic rings. The summed E-state index contributed by atoms with van der Waals surface area (Å²) < 4.78 is 39.4. The number of piperidine rings is 1. The van der Waals surface area contributed by atoms with Gasteiger partial charge in [-0.3, -0.25) is 0 Å². The van der Waals surface area contributed by atoms with Crippen molar-refractivity contribution in [3.8, 4) is 0 Å². The number of rotatable bonds is 4. The predicted octanol–water partition coefficient (Wildman–Crippen LogP) is 2.23. The van der Waals surface area contributed by atoms with Crippen LogP contribution in [0.5, 0.6) is 0 Å². The standard InChI is InChI=1S/C13H18ClFN2O2S/c14-12-9-11(15)1-2-13(12)20(18,19)17-7-4-10(3-6-16)5-8-17/h1-2,9-10H,3-8,16H2. The minimum atomic E-state index is -3.64. The molecule has 1 saturated heterocycles. The van der Waals surface area contributed by atoms with Crippen molar-refractivity contribution in [3.63, 3.8) is 0 Å². The van der Waals surface area contributed by atoms with Crippen LogP contribution in [0.3, 0.4) is 0 Å². The Labute approximate surface area is 123 Å². The van der Waals surface area contributed by atoms with Gasteiger partial charge in [0.2, 0.25) is 10.0 Å². The van der Waals surface area contributed by atoms with E-state index in [1.165, 1.54) is 10.4 Å². The first-order chi connectivity index (χ1) is 9.45. The van der Waals surface area contributed by atoms with Gasteiger partial charge < -0.3 is 5.73 Å². The molecule has 1 heterocycles. The molecule has 1 aliphatic heterocycles. The smallest absolute Gasteiger partial charge is 0.244 e. The lowest BCUT2D eigenvalue weighted by atomic mass is 9.95. The average molecular weight is 321 g/mol. The molecule has 0 bridgehead atoms. The molecule has 112 valence electrons. The van der Waals surface area contributed by atoms with Crippen molar-refractivity contribution in [2.75, 3.05) is 19.6 Å². The molecular formula is C13H18ClFN2O2S. The van der Waals surface area contributed by atoms with Gasteiger partial charge in [-0.05, 0) is 49.9 Å². The van der Waals surface area contributed by atoms with E-state index in [2.05, 4.69) is 0 Å². The Kier molecular flexibility index (Phi) is 5.01. The number of nitrogens with two attached hydrogens (primary N) is 1. The molecule has 20 heavy (non-hydrogen) atoms. The highest BCUT2D eigenvalue weighted by Gasteiger charge is 2.30. The highest BCUT2D eigenvalue weighted by atomic mass is 35.5. The fourth-order valence-electron chi connectivity index (χ4n) is 2.50. The minimum Gasteiger partial charge on any atom is -0.330 e. The third-order valence-corrected chi connectivity index (χ3v) is 6.04. The zero-order chi connectivity index (χ0) is 14.8. The Hall–Kier alpha value is -0.690. The molecule has 0 unspecified atom stereocenters. The Bertz CT molecular complexity index is 572. The van der Waals surface area contributed by atoms with E-state index < -0.39 is 15.8 Å². The van der Waals surface area contributed by atoms with Gasteiger partial charge in [-0.1, -0.05) is 11.6 Å². The summed E-state index contributed by atoms with van der Waals surface area (Å²) in [6.45, 7) is 1.54. The SMILES string of the molecule is NCCC1CCN(S(=O)(=O)c2ccc(F)cc2Cl)CC1.